The molecule has 0 saturated carbocycles. The minimum absolute atomic E-state index is 0.0761. The molecule has 0 aromatic rings. The molecular formula is C61H110O6. The molecule has 1 unspecified atom stereocenters. The fraction of sp³-hybridized carbons (Fsp3) is 0.820. The van der Waals surface area contributed by atoms with Gasteiger partial charge < -0.3 is 14.2 Å². The highest BCUT2D eigenvalue weighted by molar-refractivity contribution is 5.71. The lowest BCUT2D eigenvalue weighted by Gasteiger charge is -2.18. The Hall–Kier alpha value is -2.63. The number of hydrogen-bond acceptors (Lipinski definition) is 6. The second-order valence-corrected chi connectivity index (χ2v) is 19.6. The van der Waals surface area contributed by atoms with Crippen molar-refractivity contribution in [1.29, 1.82) is 0 Å². The molecular weight excluding hydrogens is 829 g/mol. The minimum atomic E-state index is -0.777. The van der Waals surface area contributed by atoms with E-state index < -0.39 is 6.10 Å². The molecule has 0 aromatic heterocycles. The molecule has 0 heterocycles. The molecule has 1 atom stereocenters. The maximum atomic E-state index is 12.8. The van der Waals surface area contributed by atoms with Gasteiger partial charge in [0.15, 0.2) is 6.10 Å². The predicted molar refractivity (Wildman–Crippen MR) is 289 cm³/mol. The van der Waals surface area contributed by atoms with Crippen molar-refractivity contribution in [3.8, 4) is 0 Å². The average molecular weight is 940 g/mol. The SMILES string of the molecule is CCCC/C=C\C/C=C\CCCCCCCC(=O)OC(COC(=O)CCCCCCCCCCCC)COC(=O)CCCCCCCCCCCCCCC/C=C\C/C=C\CCCCCCC. The topological polar surface area (TPSA) is 78.9 Å². The third-order valence-electron chi connectivity index (χ3n) is 12.8. The predicted octanol–water partition coefficient (Wildman–Crippen LogP) is 19.4. The summed E-state index contributed by atoms with van der Waals surface area (Å²) in [5.74, 6) is -0.880. The molecule has 0 rings (SSSR count). The lowest BCUT2D eigenvalue weighted by Crippen LogP contribution is -2.30. The molecule has 0 aliphatic carbocycles. The highest BCUT2D eigenvalue weighted by Crippen LogP contribution is 2.16. The molecule has 0 aromatic carbocycles. The summed E-state index contributed by atoms with van der Waals surface area (Å²) in [6.07, 6.45) is 68.3. The number of esters is 3. The van der Waals surface area contributed by atoms with Crippen molar-refractivity contribution in [3.05, 3.63) is 48.6 Å². The summed E-state index contributed by atoms with van der Waals surface area (Å²) >= 11 is 0. The number of rotatable bonds is 53. The fourth-order valence-corrected chi connectivity index (χ4v) is 8.37. The Morgan fingerprint density at radius 3 is 0.866 bits per heavy atom. The summed E-state index contributed by atoms with van der Waals surface area (Å²) in [5.41, 5.74) is 0. The number of ether oxygens (including phenoxy) is 3. The summed E-state index contributed by atoms with van der Waals surface area (Å²) in [5, 5.41) is 0. The van der Waals surface area contributed by atoms with Crippen LogP contribution in [0.15, 0.2) is 48.6 Å². The van der Waals surface area contributed by atoms with Crippen LogP contribution in [0.4, 0.5) is 0 Å². The molecule has 6 heteroatoms. The Morgan fingerprint density at radius 1 is 0.299 bits per heavy atom. The first-order valence-corrected chi connectivity index (χ1v) is 29.1. The van der Waals surface area contributed by atoms with E-state index in [-0.39, 0.29) is 31.1 Å². The largest absolute Gasteiger partial charge is 0.462 e. The second-order valence-electron chi connectivity index (χ2n) is 19.6. The lowest BCUT2D eigenvalue weighted by atomic mass is 10.0. The van der Waals surface area contributed by atoms with Crippen LogP contribution in [-0.4, -0.2) is 37.2 Å². The van der Waals surface area contributed by atoms with Crippen LogP contribution in [0.2, 0.25) is 0 Å². The van der Waals surface area contributed by atoms with E-state index in [1.54, 1.807) is 0 Å². The first-order chi connectivity index (χ1) is 33.0. The summed E-state index contributed by atoms with van der Waals surface area (Å²) in [4.78, 5) is 38.0. The van der Waals surface area contributed by atoms with E-state index in [1.807, 2.05) is 0 Å². The highest BCUT2D eigenvalue weighted by atomic mass is 16.6. The molecule has 390 valence electrons. The normalized spacial score (nSPS) is 12.3. The van der Waals surface area contributed by atoms with E-state index in [1.165, 1.54) is 173 Å². The Bertz CT molecular complexity index is 1170. The van der Waals surface area contributed by atoms with Gasteiger partial charge >= 0.3 is 17.9 Å². The summed E-state index contributed by atoms with van der Waals surface area (Å²) in [7, 11) is 0. The third kappa shape index (κ3) is 54.2. The minimum Gasteiger partial charge on any atom is -0.462 e. The van der Waals surface area contributed by atoms with Crippen LogP contribution in [0.3, 0.4) is 0 Å². The molecule has 0 fully saturated rings. The van der Waals surface area contributed by atoms with Gasteiger partial charge in [0.2, 0.25) is 0 Å². The molecule has 6 nitrogen and oxygen atoms in total. The van der Waals surface area contributed by atoms with Crippen molar-refractivity contribution in [2.45, 2.75) is 309 Å². The molecule has 0 spiro atoms. The van der Waals surface area contributed by atoms with Gasteiger partial charge in [0.05, 0.1) is 0 Å². The molecule has 0 saturated heterocycles. The van der Waals surface area contributed by atoms with Crippen LogP contribution in [-0.2, 0) is 28.6 Å². The highest BCUT2D eigenvalue weighted by Gasteiger charge is 2.19. The monoisotopic (exact) mass is 939 g/mol. The van der Waals surface area contributed by atoms with Crippen LogP contribution in [0, 0.1) is 0 Å². The smallest absolute Gasteiger partial charge is 0.306 e. The number of carbonyl (C=O) groups is 3. The molecule has 67 heavy (non-hydrogen) atoms. The van der Waals surface area contributed by atoms with Gasteiger partial charge in [-0.2, -0.15) is 0 Å². The van der Waals surface area contributed by atoms with Gasteiger partial charge in [-0.1, -0.05) is 256 Å². The van der Waals surface area contributed by atoms with Crippen LogP contribution in [0.1, 0.15) is 303 Å². The zero-order valence-electron chi connectivity index (χ0n) is 44.7. The first-order valence-electron chi connectivity index (χ1n) is 29.1. The molecule has 0 aliphatic rings. The van der Waals surface area contributed by atoms with Crippen molar-refractivity contribution < 1.29 is 28.6 Å². The van der Waals surface area contributed by atoms with Crippen molar-refractivity contribution in [2.75, 3.05) is 13.2 Å². The Balaban J connectivity index is 4.20. The first kappa shape index (κ1) is 64.4. The summed E-state index contributed by atoms with van der Waals surface area (Å²) in [6.45, 7) is 6.59. The van der Waals surface area contributed by atoms with E-state index in [4.69, 9.17) is 14.2 Å². The van der Waals surface area contributed by atoms with Gasteiger partial charge in [-0.15, -0.1) is 0 Å². The average Bonchev–Trinajstić information content (AvgIpc) is 3.33. The van der Waals surface area contributed by atoms with Gasteiger partial charge in [-0.3, -0.25) is 14.4 Å². The Kier molecular flexibility index (Phi) is 53.8. The van der Waals surface area contributed by atoms with Crippen LogP contribution >= 0.6 is 0 Å². The maximum absolute atomic E-state index is 12.8. The number of carbonyl (C=O) groups excluding carboxylic acids is 3. The van der Waals surface area contributed by atoms with Gasteiger partial charge in [0, 0.05) is 19.3 Å². The third-order valence-corrected chi connectivity index (χ3v) is 12.8. The van der Waals surface area contributed by atoms with E-state index >= 15 is 0 Å². The van der Waals surface area contributed by atoms with Crippen LogP contribution in [0.5, 0.6) is 0 Å². The maximum Gasteiger partial charge on any atom is 0.306 e. The number of allylic oxidation sites excluding steroid dienone is 8. The Labute approximate surface area is 416 Å². The van der Waals surface area contributed by atoms with Crippen LogP contribution < -0.4 is 0 Å². The van der Waals surface area contributed by atoms with Gasteiger partial charge in [0.25, 0.3) is 0 Å². The molecule has 0 N–H and O–H groups in total. The summed E-state index contributed by atoms with van der Waals surface area (Å²) in [6, 6.07) is 0. The lowest BCUT2D eigenvalue weighted by molar-refractivity contribution is -0.167. The van der Waals surface area contributed by atoms with Gasteiger partial charge in [-0.25, -0.2) is 0 Å². The molecule has 0 radical (unpaired) electrons. The fourth-order valence-electron chi connectivity index (χ4n) is 8.37. The molecule has 0 amide bonds. The molecule has 0 aliphatic heterocycles. The van der Waals surface area contributed by atoms with Gasteiger partial charge in [-0.05, 0) is 77.0 Å². The van der Waals surface area contributed by atoms with E-state index in [0.717, 1.165) is 89.9 Å². The number of unbranched alkanes of at least 4 members (excludes halogenated alkanes) is 34. The van der Waals surface area contributed by atoms with E-state index in [9.17, 15) is 14.4 Å². The van der Waals surface area contributed by atoms with Crippen LogP contribution in [0.25, 0.3) is 0 Å². The van der Waals surface area contributed by atoms with Crippen molar-refractivity contribution >= 4 is 17.9 Å². The quantitative estimate of drug-likeness (QED) is 0.0262. The zero-order valence-corrected chi connectivity index (χ0v) is 44.7. The Morgan fingerprint density at radius 2 is 0.552 bits per heavy atom. The van der Waals surface area contributed by atoms with Crippen molar-refractivity contribution in [2.24, 2.45) is 0 Å². The standard InChI is InChI=1S/C61H110O6/c1-4-7-10-13-16-19-22-24-26-27-28-29-30-31-32-33-34-35-36-38-39-42-45-48-51-54-60(63)66-57-58(56-65-59(62)53-50-47-44-41-21-18-15-12-9-6-3)67-61(64)55-52-49-46-43-40-37-25-23-20-17-14-11-8-5-2/h14,17,22-25,27-28,58H,4-13,15-16,18-21,26,29-57H2,1-3H3/b17-14-,24-22-,25-23-,28-27-. The van der Waals surface area contributed by atoms with E-state index in [0.29, 0.717) is 19.3 Å². The summed E-state index contributed by atoms with van der Waals surface area (Å²) < 4.78 is 16.8. The number of hydrogen-bond donors (Lipinski definition) is 0. The van der Waals surface area contributed by atoms with Gasteiger partial charge in [0.1, 0.15) is 13.2 Å². The molecule has 0 bridgehead atoms. The van der Waals surface area contributed by atoms with Crippen molar-refractivity contribution in [1.82, 2.24) is 0 Å². The van der Waals surface area contributed by atoms with E-state index in [2.05, 4.69) is 69.4 Å². The second kappa shape index (κ2) is 56.0. The zero-order chi connectivity index (χ0) is 48.6. The van der Waals surface area contributed by atoms with Crippen molar-refractivity contribution in [3.63, 3.8) is 0 Å².